The van der Waals surface area contributed by atoms with Crippen LogP contribution < -0.4 is 10.6 Å². The number of hydrogen-bond acceptors (Lipinski definition) is 3. The van der Waals surface area contributed by atoms with Crippen molar-refractivity contribution in [3.63, 3.8) is 0 Å². The van der Waals surface area contributed by atoms with E-state index in [4.69, 9.17) is 0 Å². The summed E-state index contributed by atoms with van der Waals surface area (Å²) in [4.78, 5) is 2.59. The van der Waals surface area contributed by atoms with E-state index in [0.717, 1.165) is 43.6 Å². The lowest BCUT2D eigenvalue weighted by Gasteiger charge is -2.36. The van der Waals surface area contributed by atoms with Crippen LogP contribution in [0, 0.1) is 17.8 Å². The van der Waals surface area contributed by atoms with Gasteiger partial charge in [-0.05, 0) is 35.9 Å². The van der Waals surface area contributed by atoms with Crippen LogP contribution in [0.3, 0.4) is 0 Å². The van der Waals surface area contributed by atoms with Crippen LogP contribution >= 0.6 is 0 Å². The van der Waals surface area contributed by atoms with Gasteiger partial charge in [0.2, 0.25) is 0 Å². The average molecular weight is 325 g/mol. The molecule has 0 spiro atoms. The zero-order chi connectivity index (χ0) is 16.0. The van der Waals surface area contributed by atoms with E-state index in [-0.39, 0.29) is 0 Å². The standard InChI is InChI=1S/C17H22F3N3/c18-17(19,20)12-3-1-2-11(4-12)5-21-8-14-15-9-23(10-16(14)15)13-6-22-7-13/h1-4,13-16,21-22H,5-10H2. The molecule has 126 valence electrons. The Hall–Kier alpha value is -1.11. The minimum atomic E-state index is -4.26. The van der Waals surface area contributed by atoms with E-state index in [9.17, 15) is 13.2 Å². The summed E-state index contributed by atoms with van der Waals surface area (Å²) in [5.74, 6) is 2.30. The molecule has 0 aromatic heterocycles. The molecule has 2 saturated heterocycles. The molecule has 1 saturated carbocycles. The summed E-state index contributed by atoms with van der Waals surface area (Å²) in [6, 6.07) is 6.34. The van der Waals surface area contributed by atoms with E-state index in [0.29, 0.717) is 18.0 Å². The van der Waals surface area contributed by atoms with Crippen molar-refractivity contribution in [3.05, 3.63) is 35.4 Å². The number of fused-ring (bicyclic) bond motifs is 1. The molecule has 4 rings (SSSR count). The maximum atomic E-state index is 12.7. The van der Waals surface area contributed by atoms with Crippen LogP contribution in [0.2, 0.25) is 0 Å². The lowest BCUT2D eigenvalue weighted by Crippen LogP contribution is -2.57. The molecule has 0 amide bonds. The fraction of sp³-hybridized carbons (Fsp3) is 0.647. The van der Waals surface area contributed by atoms with Crippen LogP contribution in [-0.4, -0.2) is 43.7 Å². The molecule has 2 aliphatic heterocycles. The van der Waals surface area contributed by atoms with Crippen molar-refractivity contribution >= 4 is 0 Å². The quantitative estimate of drug-likeness (QED) is 0.866. The van der Waals surface area contributed by atoms with Crippen molar-refractivity contribution in [2.75, 3.05) is 32.7 Å². The predicted octanol–water partition coefficient (Wildman–Crippen LogP) is 1.94. The SMILES string of the molecule is FC(F)(F)c1cccc(CNCC2C3CN(C4CNC4)CC23)c1. The number of nitrogens with one attached hydrogen (secondary N) is 2. The summed E-state index contributed by atoms with van der Waals surface area (Å²) < 4.78 is 38.1. The monoisotopic (exact) mass is 325 g/mol. The van der Waals surface area contributed by atoms with Crippen molar-refractivity contribution in [2.24, 2.45) is 17.8 Å². The van der Waals surface area contributed by atoms with E-state index in [1.807, 2.05) is 0 Å². The van der Waals surface area contributed by atoms with Gasteiger partial charge in [0, 0.05) is 38.8 Å². The van der Waals surface area contributed by atoms with Crippen molar-refractivity contribution in [1.29, 1.82) is 0 Å². The van der Waals surface area contributed by atoms with Crippen LogP contribution in [0.25, 0.3) is 0 Å². The summed E-state index contributed by atoms with van der Waals surface area (Å²) in [6.45, 7) is 6.08. The number of rotatable bonds is 5. The van der Waals surface area contributed by atoms with Gasteiger partial charge in [0.05, 0.1) is 5.56 Å². The maximum Gasteiger partial charge on any atom is 0.416 e. The van der Waals surface area contributed by atoms with Crippen molar-refractivity contribution in [2.45, 2.75) is 18.8 Å². The largest absolute Gasteiger partial charge is 0.416 e. The Kier molecular flexibility index (Phi) is 3.86. The minimum Gasteiger partial charge on any atom is -0.314 e. The molecule has 2 unspecified atom stereocenters. The highest BCUT2D eigenvalue weighted by Crippen LogP contribution is 2.51. The first kappa shape index (κ1) is 15.4. The van der Waals surface area contributed by atoms with Gasteiger partial charge >= 0.3 is 6.18 Å². The fourth-order valence-corrected chi connectivity index (χ4v) is 4.06. The zero-order valence-corrected chi connectivity index (χ0v) is 12.9. The highest BCUT2D eigenvalue weighted by atomic mass is 19.4. The van der Waals surface area contributed by atoms with E-state index in [2.05, 4.69) is 15.5 Å². The molecular weight excluding hydrogens is 303 g/mol. The van der Waals surface area contributed by atoms with Crippen molar-refractivity contribution in [3.8, 4) is 0 Å². The van der Waals surface area contributed by atoms with Gasteiger partial charge in [0.25, 0.3) is 0 Å². The average Bonchev–Trinajstić information content (AvgIpc) is 2.90. The van der Waals surface area contributed by atoms with Gasteiger partial charge in [-0.15, -0.1) is 0 Å². The molecule has 2 heterocycles. The second-order valence-corrected chi connectivity index (χ2v) is 7.09. The fourth-order valence-electron chi connectivity index (χ4n) is 4.06. The molecule has 1 aromatic carbocycles. The highest BCUT2D eigenvalue weighted by Gasteiger charge is 2.56. The summed E-state index contributed by atoms with van der Waals surface area (Å²) in [5, 5.41) is 6.66. The van der Waals surface area contributed by atoms with Gasteiger partial charge in [-0.2, -0.15) is 13.2 Å². The van der Waals surface area contributed by atoms with Crippen LogP contribution in [0.15, 0.2) is 24.3 Å². The number of halogens is 3. The summed E-state index contributed by atoms with van der Waals surface area (Å²) in [7, 11) is 0. The molecule has 1 aliphatic carbocycles. The first-order chi connectivity index (χ1) is 11.0. The number of hydrogen-bond donors (Lipinski definition) is 2. The Bertz CT molecular complexity index is 558. The number of piperidine rings is 1. The van der Waals surface area contributed by atoms with E-state index >= 15 is 0 Å². The topological polar surface area (TPSA) is 27.3 Å². The Balaban J connectivity index is 1.22. The molecule has 3 nitrogen and oxygen atoms in total. The maximum absolute atomic E-state index is 12.7. The molecule has 3 aliphatic rings. The number of nitrogens with zero attached hydrogens (tertiary/aromatic N) is 1. The van der Waals surface area contributed by atoms with E-state index < -0.39 is 11.7 Å². The third kappa shape index (κ3) is 3.12. The highest BCUT2D eigenvalue weighted by molar-refractivity contribution is 5.25. The normalized spacial score (nSPS) is 31.0. The molecule has 2 N–H and O–H groups in total. The first-order valence-electron chi connectivity index (χ1n) is 8.34. The van der Waals surface area contributed by atoms with Gasteiger partial charge in [0.15, 0.2) is 0 Å². The molecule has 6 heteroatoms. The summed E-state index contributed by atoms with van der Waals surface area (Å²) in [5.41, 5.74) is 0.137. The van der Waals surface area contributed by atoms with Crippen LogP contribution in [0.4, 0.5) is 13.2 Å². The smallest absolute Gasteiger partial charge is 0.314 e. The minimum absolute atomic E-state index is 0.510. The molecular formula is C17H22F3N3. The van der Waals surface area contributed by atoms with Gasteiger partial charge in [-0.3, -0.25) is 4.90 Å². The van der Waals surface area contributed by atoms with Crippen LogP contribution in [0.1, 0.15) is 11.1 Å². The zero-order valence-electron chi connectivity index (χ0n) is 12.9. The van der Waals surface area contributed by atoms with Crippen molar-refractivity contribution in [1.82, 2.24) is 15.5 Å². The van der Waals surface area contributed by atoms with Gasteiger partial charge in [-0.25, -0.2) is 0 Å². The number of benzene rings is 1. The Labute approximate surface area is 134 Å². The molecule has 1 aromatic rings. The van der Waals surface area contributed by atoms with E-state index in [1.165, 1.54) is 25.2 Å². The number of likely N-dealkylation sites (tertiary alicyclic amines) is 1. The Morgan fingerprint density at radius 2 is 1.91 bits per heavy atom. The first-order valence-corrected chi connectivity index (χ1v) is 8.34. The van der Waals surface area contributed by atoms with Gasteiger partial charge in [-0.1, -0.05) is 18.2 Å². The Morgan fingerprint density at radius 1 is 1.17 bits per heavy atom. The lowest BCUT2D eigenvalue weighted by molar-refractivity contribution is -0.137. The Morgan fingerprint density at radius 3 is 2.52 bits per heavy atom. The molecule has 0 radical (unpaired) electrons. The second kappa shape index (κ2) is 5.76. The van der Waals surface area contributed by atoms with Crippen molar-refractivity contribution < 1.29 is 13.2 Å². The predicted molar refractivity (Wildman–Crippen MR) is 81.9 cm³/mol. The molecule has 23 heavy (non-hydrogen) atoms. The van der Waals surface area contributed by atoms with Crippen LogP contribution in [-0.2, 0) is 12.7 Å². The van der Waals surface area contributed by atoms with E-state index in [1.54, 1.807) is 6.07 Å². The van der Waals surface area contributed by atoms with Crippen LogP contribution in [0.5, 0.6) is 0 Å². The third-order valence-electron chi connectivity index (χ3n) is 5.64. The lowest BCUT2D eigenvalue weighted by atomic mass is 10.1. The molecule has 3 fully saturated rings. The summed E-state index contributed by atoms with van der Waals surface area (Å²) >= 11 is 0. The third-order valence-corrected chi connectivity index (χ3v) is 5.64. The molecule has 0 bridgehead atoms. The summed E-state index contributed by atoms with van der Waals surface area (Å²) in [6.07, 6.45) is -4.26. The van der Waals surface area contributed by atoms with Gasteiger partial charge < -0.3 is 10.6 Å². The van der Waals surface area contributed by atoms with Gasteiger partial charge in [0.1, 0.15) is 0 Å². The second-order valence-electron chi connectivity index (χ2n) is 7.09. The molecule has 2 atom stereocenters. The number of alkyl halides is 3.